The molecule has 10 nitrogen and oxygen atoms in total. The molecule has 1 N–H and O–H groups in total. The number of benzene rings is 2. The summed E-state index contributed by atoms with van der Waals surface area (Å²) in [5.74, 6) is -2.24. The minimum absolute atomic E-state index is 0.0498. The number of aromatic carboxylic acids is 1. The van der Waals surface area contributed by atoms with Crippen LogP contribution in [-0.2, 0) is 17.5 Å². The number of pyridine rings is 1. The molecule has 0 bridgehead atoms. The van der Waals surface area contributed by atoms with Gasteiger partial charge in [-0.1, -0.05) is 17.3 Å². The van der Waals surface area contributed by atoms with Crippen LogP contribution >= 0.6 is 0 Å². The van der Waals surface area contributed by atoms with Crippen LogP contribution in [-0.4, -0.2) is 46.8 Å². The number of carboxylic acid groups (broad SMARTS) is 1. The number of nitrogens with zero attached hydrogens (tertiary/aromatic N) is 6. The number of rotatable bonds is 7. The van der Waals surface area contributed by atoms with Gasteiger partial charge >= 0.3 is 18.1 Å². The van der Waals surface area contributed by atoms with Gasteiger partial charge in [0.25, 0.3) is 0 Å². The molecule has 0 aliphatic carbocycles. The fourth-order valence-corrected chi connectivity index (χ4v) is 3.75. The molecule has 5 rings (SSSR count). The molecule has 2 aromatic carbocycles. The van der Waals surface area contributed by atoms with E-state index in [1.165, 1.54) is 53.5 Å². The Bertz CT molecular complexity index is 1650. The Morgan fingerprint density at radius 1 is 0.974 bits per heavy atom. The standard InChI is InChI=1S/C26H17F3N6O4/c27-26(28,29)23-21(25(38)39-15-16-8-10-30-11-9-16)13-31-35(23)20-6-4-19(5-7-20)34-14-22(32-33-34)17-2-1-3-18(12-17)24(36)37/h1-14H,15H2,(H,36,37). The van der Waals surface area contributed by atoms with Gasteiger partial charge in [0.15, 0.2) is 5.69 Å². The summed E-state index contributed by atoms with van der Waals surface area (Å²) in [5.41, 5.74) is 0.142. The average Bonchev–Trinajstić information content (AvgIpc) is 3.61. The van der Waals surface area contributed by atoms with Crippen LogP contribution in [0.5, 0.6) is 0 Å². The van der Waals surface area contributed by atoms with E-state index in [1.54, 1.807) is 30.5 Å². The van der Waals surface area contributed by atoms with E-state index in [4.69, 9.17) is 4.74 Å². The van der Waals surface area contributed by atoms with Crippen LogP contribution in [0.25, 0.3) is 22.6 Å². The first-order valence-corrected chi connectivity index (χ1v) is 11.3. The maximum Gasteiger partial charge on any atom is 0.434 e. The summed E-state index contributed by atoms with van der Waals surface area (Å²) in [6, 6.07) is 15.1. The summed E-state index contributed by atoms with van der Waals surface area (Å²) in [7, 11) is 0. The van der Waals surface area contributed by atoms with Gasteiger partial charge in [-0.05, 0) is 54.1 Å². The molecule has 5 aromatic rings. The van der Waals surface area contributed by atoms with Crippen LogP contribution in [0, 0.1) is 0 Å². The molecule has 0 aliphatic heterocycles. The number of alkyl halides is 3. The fourth-order valence-electron chi connectivity index (χ4n) is 3.75. The SMILES string of the molecule is O=C(O)c1cccc(-c2cn(-c3ccc(-n4ncc(C(=O)OCc5ccncc5)c4C(F)(F)F)cc3)nn2)c1. The topological polar surface area (TPSA) is 125 Å². The van der Waals surface area contributed by atoms with Gasteiger partial charge in [0.2, 0.25) is 0 Å². The number of halogens is 3. The largest absolute Gasteiger partial charge is 0.478 e. The normalized spacial score (nSPS) is 11.4. The number of carbonyl (C=O) groups excluding carboxylic acids is 1. The Hall–Kier alpha value is -5.33. The minimum Gasteiger partial charge on any atom is -0.478 e. The molecule has 3 aromatic heterocycles. The smallest absolute Gasteiger partial charge is 0.434 e. The third-order valence-corrected chi connectivity index (χ3v) is 5.63. The quantitative estimate of drug-likeness (QED) is 0.301. The van der Waals surface area contributed by atoms with Crippen LogP contribution < -0.4 is 0 Å². The van der Waals surface area contributed by atoms with E-state index in [0.29, 0.717) is 27.2 Å². The third-order valence-electron chi connectivity index (χ3n) is 5.63. The first-order chi connectivity index (χ1) is 18.7. The lowest BCUT2D eigenvalue weighted by Crippen LogP contribution is -2.18. The van der Waals surface area contributed by atoms with E-state index in [9.17, 15) is 27.9 Å². The highest BCUT2D eigenvalue weighted by molar-refractivity contribution is 5.91. The monoisotopic (exact) mass is 534 g/mol. The molecule has 0 saturated carbocycles. The summed E-state index contributed by atoms with van der Waals surface area (Å²) < 4.78 is 49.1. The van der Waals surface area contributed by atoms with Gasteiger partial charge in [-0.3, -0.25) is 4.98 Å². The summed E-state index contributed by atoms with van der Waals surface area (Å²) in [6.45, 7) is -0.223. The van der Waals surface area contributed by atoms with Gasteiger partial charge in [-0.15, -0.1) is 5.10 Å². The molecule has 0 spiro atoms. The zero-order valence-corrected chi connectivity index (χ0v) is 19.8. The minimum atomic E-state index is -4.90. The second kappa shape index (κ2) is 10.2. The van der Waals surface area contributed by atoms with Crippen molar-refractivity contribution < 1.29 is 32.6 Å². The fraction of sp³-hybridized carbons (Fsp3) is 0.0769. The first kappa shape index (κ1) is 25.3. The Labute approximate surface area is 217 Å². The van der Waals surface area contributed by atoms with Crippen molar-refractivity contribution in [2.45, 2.75) is 12.8 Å². The van der Waals surface area contributed by atoms with Gasteiger partial charge in [-0.2, -0.15) is 18.3 Å². The van der Waals surface area contributed by atoms with E-state index >= 15 is 0 Å². The number of hydrogen-bond acceptors (Lipinski definition) is 7. The second-order valence-corrected chi connectivity index (χ2v) is 8.20. The number of ether oxygens (including phenoxy) is 1. The van der Waals surface area contributed by atoms with Gasteiger partial charge in [0.1, 0.15) is 17.9 Å². The Morgan fingerprint density at radius 2 is 1.69 bits per heavy atom. The molecule has 3 heterocycles. The van der Waals surface area contributed by atoms with Crippen molar-refractivity contribution in [3.63, 3.8) is 0 Å². The lowest BCUT2D eigenvalue weighted by Gasteiger charge is -2.13. The lowest BCUT2D eigenvalue weighted by atomic mass is 10.1. The van der Waals surface area contributed by atoms with Crippen molar-refractivity contribution >= 4 is 11.9 Å². The number of carboxylic acids is 1. The van der Waals surface area contributed by atoms with E-state index in [2.05, 4.69) is 20.4 Å². The molecule has 0 fully saturated rings. The number of esters is 1. The molecule has 0 amide bonds. The van der Waals surface area contributed by atoms with Crippen molar-refractivity contribution in [1.82, 2.24) is 29.8 Å². The zero-order chi connectivity index (χ0) is 27.6. The predicted octanol–water partition coefficient (Wildman–Crippen LogP) is 4.59. The lowest BCUT2D eigenvalue weighted by molar-refractivity contribution is -0.143. The van der Waals surface area contributed by atoms with Crippen molar-refractivity contribution in [3.05, 3.63) is 108 Å². The van der Waals surface area contributed by atoms with Crippen LogP contribution in [0.3, 0.4) is 0 Å². The maximum absolute atomic E-state index is 14.0. The molecule has 0 radical (unpaired) electrons. The summed E-state index contributed by atoms with van der Waals surface area (Å²) >= 11 is 0. The highest BCUT2D eigenvalue weighted by atomic mass is 19.4. The zero-order valence-electron chi connectivity index (χ0n) is 19.8. The van der Waals surface area contributed by atoms with E-state index < -0.39 is 29.4 Å². The molecule has 0 saturated heterocycles. The van der Waals surface area contributed by atoms with Crippen LogP contribution in [0.15, 0.2) is 85.5 Å². The Balaban J connectivity index is 1.39. The molecule has 0 atom stereocenters. The summed E-state index contributed by atoms with van der Waals surface area (Å²) in [5, 5.41) is 21.1. The Morgan fingerprint density at radius 3 is 2.38 bits per heavy atom. The van der Waals surface area contributed by atoms with Crippen molar-refractivity contribution in [3.8, 4) is 22.6 Å². The first-order valence-electron chi connectivity index (χ1n) is 11.3. The molecular formula is C26H17F3N6O4. The number of hydrogen-bond donors (Lipinski definition) is 1. The van der Waals surface area contributed by atoms with Crippen LogP contribution in [0.4, 0.5) is 13.2 Å². The van der Waals surface area contributed by atoms with E-state index in [-0.39, 0.29) is 17.9 Å². The maximum atomic E-state index is 14.0. The highest BCUT2D eigenvalue weighted by Gasteiger charge is 2.41. The van der Waals surface area contributed by atoms with Crippen molar-refractivity contribution in [2.75, 3.05) is 0 Å². The third kappa shape index (κ3) is 5.37. The van der Waals surface area contributed by atoms with Crippen LogP contribution in [0.1, 0.15) is 32.0 Å². The molecule has 13 heteroatoms. The highest BCUT2D eigenvalue weighted by Crippen LogP contribution is 2.34. The molecule has 196 valence electrons. The van der Waals surface area contributed by atoms with Crippen molar-refractivity contribution in [2.24, 2.45) is 0 Å². The summed E-state index contributed by atoms with van der Waals surface area (Å²) in [4.78, 5) is 27.6. The van der Waals surface area contributed by atoms with Crippen molar-refractivity contribution in [1.29, 1.82) is 0 Å². The molecule has 0 unspecified atom stereocenters. The number of aromatic nitrogens is 6. The van der Waals surface area contributed by atoms with Gasteiger partial charge in [-0.25, -0.2) is 19.0 Å². The molecular weight excluding hydrogens is 517 g/mol. The van der Waals surface area contributed by atoms with E-state index in [0.717, 1.165) is 6.20 Å². The Kier molecular flexibility index (Phi) is 6.63. The average molecular weight is 534 g/mol. The van der Waals surface area contributed by atoms with Gasteiger partial charge in [0, 0.05) is 18.0 Å². The van der Waals surface area contributed by atoms with E-state index in [1.807, 2.05) is 0 Å². The predicted molar refractivity (Wildman–Crippen MR) is 129 cm³/mol. The number of carbonyl (C=O) groups is 2. The van der Waals surface area contributed by atoms with Gasteiger partial charge in [0.05, 0.1) is 29.3 Å². The molecule has 39 heavy (non-hydrogen) atoms. The molecule has 0 aliphatic rings. The second-order valence-electron chi connectivity index (χ2n) is 8.20. The summed E-state index contributed by atoms with van der Waals surface area (Å²) in [6.07, 6.45) is 0.431. The van der Waals surface area contributed by atoms with Crippen LogP contribution in [0.2, 0.25) is 0 Å². The van der Waals surface area contributed by atoms with Gasteiger partial charge < -0.3 is 9.84 Å².